The fourth-order valence-corrected chi connectivity index (χ4v) is 2.19. The summed E-state index contributed by atoms with van der Waals surface area (Å²) < 4.78 is 6.96. The van der Waals surface area contributed by atoms with Gasteiger partial charge in [-0.3, -0.25) is 0 Å². The minimum Gasteiger partial charge on any atom is -0.478 e. The molecule has 0 aliphatic heterocycles. The number of para-hydroxylation sites is 1. The molecule has 0 aromatic heterocycles. The molecule has 3 nitrogen and oxygen atoms in total. The van der Waals surface area contributed by atoms with Gasteiger partial charge in [-0.2, -0.15) is 0 Å². The number of hydrogen-bond acceptors (Lipinski definition) is 2. The maximum atomic E-state index is 10.6. The molecule has 0 amide bonds. The number of ether oxygens (including phenoxy) is 1. The first-order chi connectivity index (χ1) is 9.97. The van der Waals surface area contributed by atoms with Crippen molar-refractivity contribution in [3.63, 3.8) is 0 Å². The van der Waals surface area contributed by atoms with E-state index in [0.717, 1.165) is 33.0 Å². The van der Waals surface area contributed by atoms with E-state index in [2.05, 4.69) is 15.9 Å². The Bertz CT molecular complexity index is 682. The minimum atomic E-state index is -0.986. The first-order valence-electron chi connectivity index (χ1n) is 6.42. The van der Waals surface area contributed by atoms with Gasteiger partial charge in [0.15, 0.2) is 0 Å². The van der Waals surface area contributed by atoms with E-state index in [1.54, 1.807) is 0 Å². The molecule has 0 bridgehead atoms. The molecule has 21 heavy (non-hydrogen) atoms. The summed E-state index contributed by atoms with van der Waals surface area (Å²) in [6, 6.07) is 11.2. The Balaban J connectivity index is 2.34. The van der Waals surface area contributed by atoms with Crippen LogP contribution in [0.15, 0.2) is 46.9 Å². The van der Waals surface area contributed by atoms with Gasteiger partial charge in [-0.25, -0.2) is 4.79 Å². The predicted molar refractivity (Wildman–Crippen MR) is 86.8 cm³/mol. The van der Waals surface area contributed by atoms with E-state index in [1.165, 1.54) is 6.08 Å². The van der Waals surface area contributed by atoms with Crippen molar-refractivity contribution < 1.29 is 14.6 Å². The molecule has 0 fully saturated rings. The Labute approximate surface area is 132 Å². The second-order valence-electron chi connectivity index (χ2n) is 4.68. The van der Waals surface area contributed by atoms with Gasteiger partial charge in [0.25, 0.3) is 0 Å². The quantitative estimate of drug-likeness (QED) is 0.796. The molecule has 0 radical (unpaired) electrons. The van der Waals surface area contributed by atoms with Gasteiger partial charge in [0, 0.05) is 16.1 Å². The van der Waals surface area contributed by atoms with E-state index < -0.39 is 5.97 Å². The molecule has 108 valence electrons. The molecule has 2 rings (SSSR count). The van der Waals surface area contributed by atoms with Crippen molar-refractivity contribution in [2.45, 2.75) is 13.8 Å². The standard InChI is InChI=1S/C17H15BrO3/c1-11-9-14(10-12(2)17(11)18)21-15-6-4-3-5-13(15)7-8-16(19)20/h3-10H,1-2H3,(H,19,20)/b8-7+. The summed E-state index contributed by atoms with van der Waals surface area (Å²) in [5.41, 5.74) is 2.89. The molecule has 0 aliphatic carbocycles. The number of carbonyl (C=O) groups is 1. The summed E-state index contributed by atoms with van der Waals surface area (Å²) in [5.74, 6) is 0.362. The lowest BCUT2D eigenvalue weighted by atomic mass is 10.1. The highest BCUT2D eigenvalue weighted by Crippen LogP contribution is 2.31. The Hall–Kier alpha value is -2.07. The second-order valence-corrected chi connectivity index (χ2v) is 5.48. The fraction of sp³-hybridized carbons (Fsp3) is 0.118. The van der Waals surface area contributed by atoms with Gasteiger partial charge < -0.3 is 9.84 Å². The maximum absolute atomic E-state index is 10.6. The van der Waals surface area contributed by atoms with Gasteiger partial charge in [0.1, 0.15) is 11.5 Å². The number of aryl methyl sites for hydroxylation is 2. The lowest BCUT2D eigenvalue weighted by Gasteiger charge is -2.11. The van der Waals surface area contributed by atoms with Crippen LogP contribution in [0, 0.1) is 13.8 Å². The van der Waals surface area contributed by atoms with Crippen molar-refractivity contribution in [1.82, 2.24) is 0 Å². The number of benzene rings is 2. The van der Waals surface area contributed by atoms with Crippen LogP contribution in [0.1, 0.15) is 16.7 Å². The summed E-state index contributed by atoms with van der Waals surface area (Å²) in [6.07, 6.45) is 2.62. The van der Waals surface area contributed by atoms with E-state index in [-0.39, 0.29) is 0 Å². The molecule has 0 spiro atoms. The fourth-order valence-electron chi connectivity index (χ4n) is 1.96. The van der Waals surface area contributed by atoms with Gasteiger partial charge in [-0.05, 0) is 49.2 Å². The normalized spacial score (nSPS) is 10.8. The van der Waals surface area contributed by atoms with Crippen LogP contribution in [0.3, 0.4) is 0 Å². The van der Waals surface area contributed by atoms with Crippen molar-refractivity contribution in [2.24, 2.45) is 0 Å². The number of hydrogen-bond donors (Lipinski definition) is 1. The highest BCUT2D eigenvalue weighted by molar-refractivity contribution is 9.10. The minimum absolute atomic E-state index is 0.621. The number of carboxylic acids is 1. The summed E-state index contributed by atoms with van der Waals surface area (Å²) in [6.45, 7) is 4.00. The Morgan fingerprint density at radius 2 is 1.81 bits per heavy atom. The lowest BCUT2D eigenvalue weighted by Crippen LogP contribution is -1.91. The highest BCUT2D eigenvalue weighted by Gasteiger charge is 2.06. The van der Waals surface area contributed by atoms with Crippen molar-refractivity contribution in [3.8, 4) is 11.5 Å². The van der Waals surface area contributed by atoms with Gasteiger partial charge >= 0.3 is 5.97 Å². The first-order valence-corrected chi connectivity index (χ1v) is 7.21. The third-order valence-electron chi connectivity index (χ3n) is 2.96. The Morgan fingerprint density at radius 1 is 1.19 bits per heavy atom. The maximum Gasteiger partial charge on any atom is 0.328 e. The van der Waals surface area contributed by atoms with Gasteiger partial charge in [-0.1, -0.05) is 34.1 Å². The number of halogens is 1. The summed E-state index contributed by atoms with van der Waals surface area (Å²) in [5, 5.41) is 8.73. The second kappa shape index (κ2) is 6.59. The summed E-state index contributed by atoms with van der Waals surface area (Å²) >= 11 is 3.52. The van der Waals surface area contributed by atoms with E-state index in [4.69, 9.17) is 9.84 Å². The topological polar surface area (TPSA) is 46.5 Å². The monoisotopic (exact) mass is 346 g/mol. The van der Waals surface area contributed by atoms with Crippen LogP contribution in [-0.4, -0.2) is 11.1 Å². The van der Waals surface area contributed by atoms with E-state index in [0.29, 0.717) is 5.75 Å². The summed E-state index contributed by atoms with van der Waals surface area (Å²) in [7, 11) is 0. The average molecular weight is 347 g/mol. The molecule has 1 N–H and O–H groups in total. The Kier molecular flexibility index (Phi) is 4.81. The molecule has 0 saturated heterocycles. The van der Waals surface area contributed by atoms with Crippen molar-refractivity contribution >= 4 is 28.0 Å². The van der Waals surface area contributed by atoms with Crippen LogP contribution in [0.5, 0.6) is 11.5 Å². The van der Waals surface area contributed by atoms with Gasteiger partial charge in [-0.15, -0.1) is 0 Å². The van der Waals surface area contributed by atoms with Gasteiger partial charge in [0.2, 0.25) is 0 Å². The largest absolute Gasteiger partial charge is 0.478 e. The van der Waals surface area contributed by atoms with Crippen LogP contribution in [0.2, 0.25) is 0 Å². The highest BCUT2D eigenvalue weighted by atomic mass is 79.9. The molecule has 2 aromatic carbocycles. The zero-order valence-corrected chi connectivity index (χ0v) is 13.3. The smallest absolute Gasteiger partial charge is 0.328 e. The van der Waals surface area contributed by atoms with E-state index in [9.17, 15) is 4.79 Å². The van der Waals surface area contributed by atoms with Crippen molar-refractivity contribution in [2.75, 3.05) is 0 Å². The van der Waals surface area contributed by atoms with E-state index in [1.807, 2.05) is 50.2 Å². The predicted octanol–water partition coefficient (Wildman–Crippen LogP) is 4.96. The van der Waals surface area contributed by atoms with Crippen molar-refractivity contribution in [1.29, 1.82) is 0 Å². The van der Waals surface area contributed by atoms with Crippen LogP contribution < -0.4 is 4.74 Å². The number of rotatable bonds is 4. The molecule has 0 aliphatic rings. The van der Waals surface area contributed by atoms with Crippen molar-refractivity contribution in [3.05, 3.63) is 63.6 Å². The summed E-state index contributed by atoms with van der Waals surface area (Å²) in [4.78, 5) is 10.6. The molecular formula is C17H15BrO3. The van der Waals surface area contributed by atoms with Crippen LogP contribution in [-0.2, 0) is 4.79 Å². The molecule has 2 aromatic rings. The average Bonchev–Trinajstić information content (AvgIpc) is 2.43. The lowest BCUT2D eigenvalue weighted by molar-refractivity contribution is -0.131. The molecular weight excluding hydrogens is 332 g/mol. The Morgan fingerprint density at radius 3 is 2.43 bits per heavy atom. The molecule has 0 atom stereocenters. The van der Waals surface area contributed by atoms with Crippen LogP contribution >= 0.6 is 15.9 Å². The first kappa shape index (κ1) is 15.3. The van der Waals surface area contributed by atoms with Crippen LogP contribution in [0.25, 0.3) is 6.08 Å². The van der Waals surface area contributed by atoms with Gasteiger partial charge in [0.05, 0.1) is 0 Å². The molecule has 4 heteroatoms. The number of carboxylic acid groups (broad SMARTS) is 1. The third kappa shape index (κ3) is 3.95. The molecule has 0 unspecified atom stereocenters. The zero-order valence-electron chi connectivity index (χ0n) is 11.8. The zero-order chi connectivity index (χ0) is 15.4. The van der Waals surface area contributed by atoms with Crippen LogP contribution in [0.4, 0.5) is 0 Å². The third-order valence-corrected chi connectivity index (χ3v) is 4.21. The number of aliphatic carboxylic acids is 1. The molecule has 0 saturated carbocycles. The SMILES string of the molecule is Cc1cc(Oc2ccccc2/C=C/C(=O)O)cc(C)c1Br. The van der Waals surface area contributed by atoms with E-state index >= 15 is 0 Å². The molecule has 0 heterocycles.